The van der Waals surface area contributed by atoms with Gasteiger partial charge in [0.25, 0.3) is 10.0 Å². The van der Waals surface area contributed by atoms with Crippen LogP contribution in [0, 0.1) is 13.8 Å². The number of benzene rings is 3. The van der Waals surface area contributed by atoms with Gasteiger partial charge in [0, 0.05) is 24.2 Å². The molecule has 0 spiro atoms. The average molecular weight is 908 g/mol. The van der Waals surface area contributed by atoms with E-state index in [4.69, 9.17) is 15.2 Å². The summed E-state index contributed by atoms with van der Waals surface area (Å²) in [5, 5.41) is 8.01. The molecule has 1 saturated carbocycles. The van der Waals surface area contributed by atoms with E-state index in [9.17, 15) is 32.4 Å². The minimum atomic E-state index is -3.99. The number of nitrogens with zero attached hydrogens (tertiary/aromatic N) is 2. The first-order chi connectivity index (χ1) is 29.8. The molecule has 1 aliphatic rings. The molecular weight excluding hydrogens is 847 g/mol. The number of para-hydroxylation sites is 1. The number of guanidine groups is 1. The Morgan fingerprint density at radius 2 is 1.54 bits per heavy atom. The van der Waals surface area contributed by atoms with Crippen LogP contribution in [0.5, 0.6) is 0 Å². The number of nitrogens with two attached hydrogens (primary N) is 1. The van der Waals surface area contributed by atoms with Crippen molar-refractivity contribution in [3.8, 4) is 0 Å². The number of aliphatic imine (C=N–C) groups is 1. The first-order valence-electron chi connectivity index (χ1n) is 21.0. The predicted molar refractivity (Wildman–Crippen MR) is 243 cm³/mol. The number of carbonyl (C=O) groups excluding carboxylic acids is 5. The van der Waals surface area contributed by atoms with Crippen LogP contribution < -0.4 is 26.4 Å². The maximum absolute atomic E-state index is 13.9. The number of anilines is 1. The molecule has 63 heavy (non-hydrogen) atoms. The van der Waals surface area contributed by atoms with E-state index in [0.29, 0.717) is 11.4 Å². The number of ether oxygens (including phenoxy) is 2. The van der Waals surface area contributed by atoms with Crippen molar-refractivity contribution < 1.29 is 41.9 Å². The topological polar surface area (TPSA) is 228 Å². The summed E-state index contributed by atoms with van der Waals surface area (Å²) in [7, 11) is -2.61. The zero-order valence-electron chi connectivity index (χ0n) is 36.9. The lowest BCUT2D eigenvalue weighted by Gasteiger charge is -2.30. The fraction of sp³-hybridized carbons (Fsp3) is 0.467. The molecule has 0 heterocycles. The Balaban J connectivity index is 1.43. The number of hydrogen-bond acceptors (Lipinski definition) is 11. The van der Waals surface area contributed by atoms with Gasteiger partial charge >= 0.3 is 12.1 Å². The second-order valence-corrected chi connectivity index (χ2v) is 19.2. The summed E-state index contributed by atoms with van der Waals surface area (Å²) in [5.41, 5.74) is 8.62. The van der Waals surface area contributed by atoms with E-state index in [0.717, 1.165) is 58.6 Å². The minimum absolute atomic E-state index is 0.00587. The van der Waals surface area contributed by atoms with Gasteiger partial charge in [-0.05, 0) is 103 Å². The Labute approximate surface area is 375 Å². The molecule has 3 aromatic rings. The third-order valence-electron chi connectivity index (χ3n) is 9.90. The average Bonchev–Trinajstić information content (AvgIpc) is 3.22. The molecule has 1 aliphatic carbocycles. The van der Waals surface area contributed by atoms with Crippen LogP contribution in [0.1, 0.15) is 88.8 Å². The maximum Gasteiger partial charge on any atom is 0.410 e. The lowest BCUT2D eigenvalue weighted by Crippen LogP contribution is -2.52. The fourth-order valence-corrected chi connectivity index (χ4v) is 8.39. The van der Waals surface area contributed by atoms with Crippen LogP contribution in [0.25, 0.3) is 0 Å². The van der Waals surface area contributed by atoms with Gasteiger partial charge in [0.15, 0.2) is 0 Å². The zero-order valence-corrected chi connectivity index (χ0v) is 38.5. The van der Waals surface area contributed by atoms with Gasteiger partial charge < -0.3 is 31.2 Å². The molecule has 4 rings (SSSR count). The van der Waals surface area contributed by atoms with Crippen LogP contribution in [0.4, 0.5) is 10.5 Å². The Morgan fingerprint density at radius 1 is 0.905 bits per heavy atom. The molecule has 0 unspecified atom stereocenters. The van der Waals surface area contributed by atoms with Gasteiger partial charge in [0.2, 0.25) is 23.7 Å². The second-order valence-electron chi connectivity index (χ2n) is 16.5. The molecule has 18 heteroatoms. The van der Waals surface area contributed by atoms with Crippen LogP contribution in [0.3, 0.4) is 0 Å². The van der Waals surface area contributed by atoms with Crippen molar-refractivity contribution in [1.82, 2.24) is 20.3 Å². The van der Waals surface area contributed by atoms with Crippen molar-refractivity contribution in [1.29, 1.82) is 0 Å². The SMILES string of the molecule is Cc1ccc(CSc2ccccc2NC(=O)[C@H](CC(=O)OC2CCCCC2)NC(=O)CNC(=O)[C@H](CCCN=C(N)NS(=O)(=O)c2ccc(C)cc2)N(C)C(=O)OC(C)(C)C)cc1. The summed E-state index contributed by atoms with van der Waals surface area (Å²) in [6.45, 7) is 8.24. The van der Waals surface area contributed by atoms with Gasteiger partial charge in [0.1, 0.15) is 23.8 Å². The first kappa shape index (κ1) is 50.0. The van der Waals surface area contributed by atoms with E-state index in [1.807, 2.05) is 50.2 Å². The van der Waals surface area contributed by atoms with Gasteiger partial charge in [-0.3, -0.25) is 29.1 Å². The molecule has 0 radical (unpaired) electrons. The minimum Gasteiger partial charge on any atom is -0.462 e. The van der Waals surface area contributed by atoms with Gasteiger partial charge in [-0.25, -0.2) is 17.9 Å². The largest absolute Gasteiger partial charge is 0.462 e. The van der Waals surface area contributed by atoms with E-state index in [2.05, 4.69) is 25.7 Å². The molecule has 0 saturated heterocycles. The van der Waals surface area contributed by atoms with E-state index >= 15 is 0 Å². The Morgan fingerprint density at radius 3 is 2.19 bits per heavy atom. The predicted octanol–water partition coefficient (Wildman–Crippen LogP) is 5.71. The maximum atomic E-state index is 13.9. The van der Waals surface area contributed by atoms with Crippen molar-refractivity contribution in [2.45, 2.75) is 125 Å². The zero-order chi connectivity index (χ0) is 46.2. The summed E-state index contributed by atoms with van der Waals surface area (Å²) < 4.78 is 38.9. The summed E-state index contributed by atoms with van der Waals surface area (Å²) in [6, 6.07) is 19.0. The number of likely N-dealkylation sites (N-methyl/N-ethyl adjacent to an activating group) is 1. The number of esters is 1. The van der Waals surface area contributed by atoms with E-state index in [1.54, 1.807) is 45.0 Å². The molecule has 16 nitrogen and oxygen atoms in total. The molecule has 0 bridgehead atoms. The fourth-order valence-electron chi connectivity index (χ4n) is 6.48. The number of thioether (sulfide) groups is 1. The number of aryl methyl sites for hydroxylation is 2. The Bertz CT molecular complexity index is 2170. The second kappa shape index (κ2) is 23.7. The highest BCUT2D eigenvalue weighted by atomic mass is 32.2. The molecule has 6 N–H and O–H groups in total. The third kappa shape index (κ3) is 17.2. The van der Waals surface area contributed by atoms with Crippen molar-refractivity contribution in [2.24, 2.45) is 10.7 Å². The van der Waals surface area contributed by atoms with Gasteiger partial charge in [-0.1, -0.05) is 66.1 Å². The highest BCUT2D eigenvalue weighted by Crippen LogP contribution is 2.30. The Kier molecular flexibility index (Phi) is 18.8. The van der Waals surface area contributed by atoms with E-state index in [1.165, 1.54) is 30.9 Å². The van der Waals surface area contributed by atoms with Crippen LogP contribution in [0.15, 0.2) is 87.6 Å². The molecule has 1 fully saturated rings. The van der Waals surface area contributed by atoms with E-state index < -0.39 is 70.5 Å². The number of hydrogen-bond donors (Lipinski definition) is 5. The molecular formula is C45H61N7O9S2. The lowest BCUT2D eigenvalue weighted by atomic mass is 9.98. The lowest BCUT2D eigenvalue weighted by molar-refractivity contribution is -0.152. The van der Waals surface area contributed by atoms with Crippen LogP contribution in [-0.2, 0) is 44.4 Å². The summed E-state index contributed by atoms with van der Waals surface area (Å²) in [6.07, 6.45) is 3.02. The highest BCUT2D eigenvalue weighted by molar-refractivity contribution is 7.98. The van der Waals surface area contributed by atoms with E-state index in [-0.39, 0.29) is 36.3 Å². The van der Waals surface area contributed by atoms with Crippen LogP contribution in [0.2, 0.25) is 0 Å². The molecule has 3 aromatic carbocycles. The molecule has 0 aromatic heterocycles. The number of carbonyl (C=O) groups is 5. The van der Waals surface area contributed by atoms with Crippen LogP contribution >= 0.6 is 11.8 Å². The van der Waals surface area contributed by atoms with Crippen LogP contribution in [-0.4, -0.2) is 93.0 Å². The first-order valence-corrected chi connectivity index (χ1v) is 23.5. The molecule has 2 atom stereocenters. The number of sulfonamides is 1. The smallest absolute Gasteiger partial charge is 0.410 e. The number of amides is 4. The standard InChI is InChI=1S/C45H61N7O9S2/c1-30-18-22-32(23-19-30)29-62-38-17-11-10-15-35(38)50-41(55)36(27-40(54)60-33-13-8-7-9-14-33)49-39(53)28-48-42(56)37(52(6)44(57)61-45(3,4)5)16-12-26-47-43(46)51-63(58,59)34-24-20-31(2)21-25-34/h10-11,15,17-25,33,36-37H,7-9,12-14,16,26-29H2,1-6H3,(H,48,56)(H,49,53)(H,50,55)(H3,46,47,51)/t36-,37-/m0/s1. The summed E-state index contributed by atoms with van der Waals surface area (Å²) in [4.78, 5) is 73.3. The monoisotopic (exact) mass is 907 g/mol. The quantitative estimate of drug-likeness (QED) is 0.0322. The third-order valence-corrected chi connectivity index (χ3v) is 12.4. The summed E-state index contributed by atoms with van der Waals surface area (Å²) in [5.74, 6) is -2.50. The van der Waals surface area contributed by atoms with Crippen molar-refractivity contribution >= 4 is 63.2 Å². The number of nitrogens with one attached hydrogen (secondary N) is 4. The van der Waals surface area contributed by atoms with Crippen molar-refractivity contribution in [3.63, 3.8) is 0 Å². The molecule has 4 amide bonds. The van der Waals surface area contributed by atoms with Gasteiger partial charge in [-0.2, -0.15) is 0 Å². The summed E-state index contributed by atoms with van der Waals surface area (Å²) >= 11 is 1.52. The van der Waals surface area contributed by atoms with Crippen molar-refractivity contribution in [2.75, 3.05) is 25.5 Å². The van der Waals surface area contributed by atoms with Gasteiger partial charge in [-0.15, -0.1) is 11.8 Å². The van der Waals surface area contributed by atoms with Gasteiger partial charge in [0.05, 0.1) is 23.5 Å². The highest BCUT2D eigenvalue weighted by Gasteiger charge is 2.32. The number of rotatable bonds is 19. The molecule has 342 valence electrons. The normalized spacial score (nSPS) is 14.4. The van der Waals surface area contributed by atoms with Crippen molar-refractivity contribution in [3.05, 3.63) is 89.5 Å². The molecule has 0 aliphatic heterocycles. The Hall–Kier alpha value is -5.62.